The van der Waals surface area contributed by atoms with Gasteiger partial charge in [-0.2, -0.15) is 0 Å². The quantitative estimate of drug-likeness (QED) is 0.713. The lowest BCUT2D eigenvalue weighted by Gasteiger charge is -2.09. The molecule has 3 rings (SSSR count). The third-order valence-corrected chi connectivity index (χ3v) is 3.59. The minimum absolute atomic E-state index is 0.0518. The van der Waals surface area contributed by atoms with E-state index in [0.29, 0.717) is 0 Å². The predicted molar refractivity (Wildman–Crippen MR) is 93.4 cm³/mol. The van der Waals surface area contributed by atoms with Crippen molar-refractivity contribution in [1.82, 2.24) is 0 Å². The lowest BCUT2D eigenvalue weighted by atomic mass is 9.96. The van der Waals surface area contributed by atoms with Crippen LogP contribution in [0.4, 0.5) is 0 Å². The Bertz CT molecular complexity index is 701. The Morgan fingerprint density at radius 2 is 1.14 bits per heavy atom. The van der Waals surface area contributed by atoms with Crippen LogP contribution in [0, 0.1) is 0 Å². The molecule has 0 aliphatic carbocycles. The van der Waals surface area contributed by atoms with E-state index in [-0.39, 0.29) is 6.61 Å². The first-order chi connectivity index (χ1) is 10.9. The number of rotatable bonds is 4. The van der Waals surface area contributed by atoms with Gasteiger partial charge in [-0.1, -0.05) is 72.8 Å². The van der Waals surface area contributed by atoms with Crippen LogP contribution in [-0.4, -0.2) is 11.7 Å². The zero-order chi connectivity index (χ0) is 15.2. The van der Waals surface area contributed by atoms with Crippen LogP contribution in [0.15, 0.2) is 84.9 Å². The molecular weight excluding hydrogens is 268 g/mol. The van der Waals surface area contributed by atoms with E-state index in [9.17, 15) is 0 Å². The summed E-state index contributed by atoms with van der Waals surface area (Å²) in [7, 11) is 0. The molecular formula is C21H18O. The summed E-state index contributed by atoms with van der Waals surface area (Å²) >= 11 is 0. The highest BCUT2D eigenvalue weighted by molar-refractivity contribution is 5.76. The zero-order valence-electron chi connectivity index (χ0n) is 12.3. The van der Waals surface area contributed by atoms with Gasteiger partial charge in [0.1, 0.15) is 0 Å². The molecule has 0 saturated heterocycles. The Morgan fingerprint density at radius 3 is 1.59 bits per heavy atom. The molecule has 22 heavy (non-hydrogen) atoms. The summed E-state index contributed by atoms with van der Waals surface area (Å²) in [6.45, 7) is 0.0518. The summed E-state index contributed by atoms with van der Waals surface area (Å²) in [4.78, 5) is 0. The van der Waals surface area contributed by atoms with Crippen LogP contribution < -0.4 is 0 Å². The van der Waals surface area contributed by atoms with Crippen molar-refractivity contribution in [1.29, 1.82) is 0 Å². The van der Waals surface area contributed by atoms with E-state index in [1.165, 1.54) is 22.3 Å². The fourth-order valence-corrected chi connectivity index (χ4v) is 2.53. The van der Waals surface area contributed by atoms with Crippen molar-refractivity contribution in [3.63, 3.8) is 0 Å². The molecule has 108 valence electrons. The van der Waals surface area contributed by atoms with Gasteiger partial charge in [0.15, 0.2) is 0 Å². The summed E-state index contributed by atoms with van der Waals surface area (Å²) in [5, 5.41) is 9.01. The van der Waals surface area contributed by atoms with Gasteiger partial charge >= 0.3 is 0 Å². The molecule has 0 aliphatic rings. The number of hydrogen-bond donors (Lipinski definition) is 1. The average Bonchev–Trinajstić information content (AvgIpc) is 2.61. The van der Waals surface area contributed by atoms with E-state index in [4.69, 9.17) is 5.11 Å². The van der Waals surface area contributed by atoms with E-state index in [1.807, 2.05) is 42.5 Å². The highest BCUT2D eigenvalue weighted by Crippen LogP contribution is 2.28. The number of aliphatic hydroxyl groups is 1. The van der Waals surface area contributed by atoms with Crippen molar-refractivity contribution in [2.45, 2.75) is 0 Å². The first kappa shape index (κ1) is 14.3. The number of aliphatic hydroxyl groups excluding tert-OH is 1. The molecule has 0 aromatic heterocycles. The third-order valence-electron chi connectivity index (χ3n) is 3.59. The van der Waals surface area contributed by atoms with Gasteiger partial charge in [0, 0.05) is 0 Å². The topological polar surface area (TPSA) is 20.2 Å². The molecule has 0 unspecified atom stereocenters. The molecule has 3 aromatic carbocycles. The molecule has 0 radical (unpaired) electrons. The summed E-state index contributed by atoms with van der Waals surface area (Å²) in [6, 6.07) is 27.2. The maximum Gasteiger partial charge on any atom is 0.0615 e. The Labute approximate surface area is 131 Å². The zero-order valence-corrected chi connectivity index (χ0v) is 12.3. The Balaban J connectivity index is 2.12. The molecule has 0 heterocycles. The van der Waals surface area contributed by atoms with Crippen LogP contribution in [0.25, 0.3) is 28.3 Å². The molecule has 1 nitrogen and oxygen atoms in total. The standard InChI is InChI=1S/C21H18O/c22-13-7-8-17-14-20(18-9-3-1-4-10-18)16-21(15-17)19-11-5-2-6-12-19/h1-12,14-16,22H,13H2/b8-7+. The fraction of sp³-hybridized carbons (Fsp3) is 0.0476. The maximum atomic E-state index is 9.01. The van der Waals surface area contributed by atoms with Crippen LogP contribution in [0.5, 0.6) is 0 Å². The lowest BCUT2D eigenvalue weighted by Crippen LogP contribution is -1.85. The second kappa shape index (κ2) is 6.88. The van der Waals surface area contributed by atoms with Gasteiger partial charge in [-0.25, -0.2) is 0 Å². The van der Waals surface area contributed by atoms with E-state index in [0.717, 1.165) is 5.56 Å². The van der Waals surface area contributed by atoms with Crippen LogP contribution in [-0.2, 0) is 0 Å². The van der Waals surface area contributed by atoms with Crippen molar-refractivity contribution >= 4 is 6.08 Å². The molecule has 0 amide bonds. The van der Waals surface area contributed by atoms with Gasteiger partial charge in [-0.15, -0.1) is 0 Å². The van der Waals surface area contributed by atoms with Crippen molar-refractivity contribution in [3.05, 3.63) is 90.5 Å². The summed E-state index contributed by atoms with van der Waals surface area (Å²) in [6.07, 6.45) is 3.72. The van der Waals surface area contributed by atoms with Crippen molar-refractivity contribution in [2.24, 2.45) is 0 Å². The van der Waals surface area contributed by atoms with Gasteiger partial charge in [-0.3, -0.25) is 0 Å². The fourth-order valence-electron chi connectivity index (χ4n) is 2.53. The Kier molecular flexibility index (Phi) is 4.47. The SMILES string of the molecule is OC/C=C/c1cc(-c2ccccc2)cc(-c2ccccc2)c1. The summed E-state index contributed by atoms with van der Waals surface area (Å²) < 4.78 is 0. The van der Waals surface area contributed by atoms with Gasteiger partial charge < -0.3 is 5.11 Å². The van der Waals surface area contributed by atoms with Crippen molar-refractivity contribution in [3.8, 4) is 22.3 Å². The van der Waals surface area contributed by atoms with Gasteiger partial charge in [-0.05, 0) is 46.0 Å². The highest BCUT2D eigenvalue weighted by Gasteiger charge is 2.04. The van der Waals surface area contributed by atoms with Crippen molar-refractivity contribution < 1.29 is 5.11 Å². The Morgan fingerprint density at radius 1 is 0.636 bits per heavy atom. The van der Waals surface area contributed by atoms with Gasteiger partial charge in [0.05, 0.1) is 6.61 Å². The smallest absolute Gasteiger partial charge is 0.0615 e. The Hall–Kier alpha value is -2.64. The molecule has 0 aliphatic heterocycles. The van der Waals surface area contributed by atoms with Gasteiger partial charge in [0.2, 0.25) is 0 Å². The summed E-state index contributed by atoms with van der Waals surface area (Å²) in [5.74, 6) is 0. The molecule has 1 heteroatoms. The van der Waals surface area contributed by atoms with E-state index in [1.54, 1.807) is 6.08 Å². The average molecular weight is 286 g/mol. The molecule has 0 fully saturated rings. The molecule has 0 atom stereocenters. The van der Waals surface area contributed by atoms with Crippen LogP contribution >= 0.6 is 0 Å². The van der Waals surface area contributed by atoms with Crippen molar-refractivity contribution in [2.75, 3.05) is 6.61 Å². The number of hydrogen-bond acceptors (Lipinski definition) is 1. The van der Waals surface area contributed by atoms with Crippen LogP contribution in [0.3, 0.4) is 0 Å². The molecule has 0 spiro atoms. The lowest BCUT2D eigenvalue weighted by molar-refractivity contribution is 0.343. The third kappa shape index (κ3) is 3.33. The van der Waals surface area contributed by atoms with E-state index >= 15 is 0 Å². The molecule has 3 aromatic rings. The molecule has 0 saturated carbocycles. The molecule has 0 bridgehead atoms. The second-order valence-electron chi connectivity index (χ2n) is 5.16. The first-order valence-electron chi connectivity index (χ1n) is 7.40. The van der Waals surface area contributed by atoms with Gasteiger partial charge in [0.25, 0.3) is 0 Å². The maximum absolute atomic E-state index is 9.01. The monoisotopic (exact) mass is 286 g/mol. The van der Waals surface area contributed by atoms with E-state index < -0.39 is 0 Å². The van der Waals surface area contributed by atoms with Crippen LogP contribution in [0.1, 0.15) is 5.56 Å². The normalized spacial score (nSPS) is 11.0. The van der Waals surface area contributed by atoms with Crippen LogP contribution in [0.2, 0.25) is 0 Å². The highest BCUT2D eigenvalue weighted by atomic mass is 16.2. The first-order valence-corrected chi connectivity index (χ1v) is 7.40. The summed E-state index contributed by atoms with van der Waals surface area (Å²) in [5.41, 5.74) is 5.84. The minimum Gasteiger partial charge on any atom is -0.392 e. The largest absolute Gasteiger partial charge is 0.392 e. The van der Waals surface area contributed by atoms with E-state index in [2.05, 4.69) is 42.5 Å². The minimum atomic E-state index is 0.0518. The second-order valence-corrected chi connectivity index (χ2v) is 5.16. The number of benzene rings is 3. The predicted octanol–water partition coefficient (Wildman–Crippen LogP) is 5.03. The molecule has 1 N–H and O–H groups in total.